The average molecular weight is 312 g/mol. The fourth-order valence-electron chi connectivity index (χ4n) is 2.04. The third-order valence-electron chi connectivity index (χ3n) is 3.16. The van der Waals surface area contributed by atoms with E-state index in [9.17, 15) is 4.79 Å². The minimum atomic E-state index is 0.138. The molecule has 4 nitrogen and oxygen atoms in total. The van der Waals surface area contributed by atoms with Crippen LogP contribution < -0.4 is 9.80 Å². The van der Waals surface area contributed by atoms with Crippen molar-refractivity contribution in [2.45, 2.75) is 0 Å². The van der Waals surface area contributed by atoms with Crippen molar-refractivity contribution in [3.05, 3.63) is 22.7 Å². The zero-order valence-electron chi connectivity index (χ0n) is 11.0. The molecule has 0 saturated carbocycles. The first-order chi connectivity index (χ1) is 8.49. The Morgan fingerprint density at radius 2 is 2.06 bits per heavy atom. The maximum atomic E-state index is 12.0. The zero-order valence-corrected chi connectivity index (χ0v) is 12.6. The number of carbonyl (C=O) groups excluding carboxylic acids is 1. The molecule has 2 rings (SSSR count). The second-order valence-corrected chi connectivity index (χ2v) is 5.73. The highest BCUT2D eigenvalue weighted by molar-refractivity contribution is 9.10. The number of anilines is 2. The number of hydrogen-bond donors (Lipinski definition) is 0. The van der Waals surface area contributed by atoms with Crippen molar-refractivity contribution in [2.75, 3.05) is 50.6 Å². The maximum Gasteiger partial charge on any atom is 0.246 e. The van der Waals surface area contributed by atoms with Crippen LogP contribution in [0, 0.1) is 0 Å². The molecule has 5 heteroatoms. The summed E-state index contributed by atoms with van der Waals surface area (Å²) in [6.45, 7) is 2.26. The SMILES string of the molecule is CN(C)CCN1CC(=O)N(C)c2cc(Br)ccc21. The van der Waals surface area contributed by atoms with Crippen molar-refractivity contribution in [3.8, 4) is 0 Å². The van der Waals surface area contributed by atoms with Crippen LogP contribution in [0.5, 0.6) is 0 Å². The molecule has 1 aromatic rings. The fourth-order valence-corrected chi connectivity index (χ4v) is 2.39. The Labute approximate surface area is 116 Å². The van der Waals surface area contributed by atoms with Gasteiger partial charge in [0.2, 0.25) is 5.91 Å². The molecule has 0 fully saturated rings. The second-order valence-electron chi connectivity index (χ2n) is 4.81. The summed E-state index contributed by atoms with van der Waals surface area (Å²) in [5.41, 5.74) is 2.10. The van der Waals surface area contributed by atoms with Crippen LogP contribution in [-0.4, -0.2) is 51.6 Å². The number of fused-ring (bicyclic) bond motifs is 1. The summed E-state index contributed by atoms with van der Waals surface area (Å²) in [5.74, 6) is 0.138. The van der Waals surface area contributed by atoms with Crippen LogP contribution in [0.1, 0.15) is 0 Å². The number of hydrogen-bond acceptors (Lipinski definition) is 3. The van der Waals surface area contributed by atoms with Gasteiger partial charge < -0.3 is 14.7 Å². The number of nitrogens with zero attached hydrogens (tertiary/aromatic N) is 3. The van der Waals surface area contributed by atoms with E-state index in [-0.39, 0.29) is 5.91 Å². The lowest BCUT2D eigenvalue weighted by Crippen LogP contribution is -2.45. The number of halogens is 1. The number of benzene rings is 1. The van der Waals surface area contributed by atoms with Crippen LogP contribution in [0.4, 0.5) is 11.4 Å². The van der Waals surface area contributed by atoms with Gasteiger partial charge >= 0.3 is 0 Å². The van der Waals surface area contributed by atoms with Gasteiger partial charge in [-0.05, 0) is 32.3 Å². The minimum absolute atomic E-state index is 0.138. The highest BCUT2D eigenvalue weighted by atomic mass is 79.9. The van der Waals surface area contributed by atoms with Gasteiger partial charge in [0.1, 0.15) is 0 Å². The van der Waals surface area contributed by atoms with Crippen LogP contribution in [-0.2, 0) is 4.79 Å². The standard InChI is InChI=1S/C13H18BrN3O/c1-15(2)6-7-17-9-13(18)16(3)12-8-10(14)4-5-11(12)17/h4-5,8H,6-7,9H2,1-3H3. The number of rotatable bonds is 3. The molecule has 1 amide bonds. The summed E-state index contributed by atoms with van der Waals surface area (Å²) >= 11 is 3.46. The predicted octanol–water partition coefficient (Wildman–Crippen LogP) is 1.79. The van der Waals surface area contributed by atoms with Crippen molar-refractivity contribution in [3.63, 3.8) is 0 Å². The van der Waals surface area contributed by atoms with Gasteiger partial charge in [0.25, 0.3) is 0 Å². The van der Waals surface area contributed by atoms with Crippen LogP contribution in [0.2, 0.25) is 0 Å². The Morgan fingerprint density at radius 3 is 2.72 bits per heavy atom. The maximum absolute atomic E-state index is 12.0. The molecule has 18 heavy (non-hydrogen) atoms. The van der Waals surface area contributed by atoms with Crippen LogP contribution >= 0.6 is 15.9 Å². The third-order valence-corrected chi connectivity index (χ3v) is 3.65. The molecule has 0 unspecified atom stereocenters. The molecular formula is C13H18BrN3O. The van der Waals surface area contributed by atoms with Crippen LogP contribution in [0.15, 0.2) is 22.7 Å². The largest absolute Gasteiger partial charge is 0.359 e. The summed E-state index contributed by atoms with van der Waals surface area (Å²) in [7, 11) is 5.91. The highest BCUT2D eigenvalue weighted by Gasteiger charge is 2.26. The topological polar surface area (TPSA) is 26.8 Å². The molecule has 1 heterocycles. The molecule has 0 saturated heterocycles. The zero-order chi connectivity index (χ0) is 13.3. The Balaban J connectivity index is 2.30. The summed E-state index contributed by atoms with van der Waals surface area (Å²) in [5, 5.41) is 0. The number of amides is 1. The van der Waals surface area contributed by atoms with Gasteiger partial charge in [0.05, 0.1) is 17.9 Å². The van der Waals surface area contributed by atoms with Crippen molar-refractivity contribution < 1.29 is 4.79 Å². The molecule has 0 bridgehead atoms. The molecule has 0 aromatic heterocycles. The second kappa shape index (κ2) is 5.28. The van der Waals surface area contributed by atoms with Gasteiger partial charge in [-0.2, -0.15) is 0 Å². The number of likely N-dealkylation sites (N-methyl/N-ethyl adjacent to an activating group) is 2. The molecule has 0 spiro atoms. The van der Waals surface area contributed by atoms with Crippen molar-refractivity contribution >= 4 is 33.2 Å². The van der Waals surface area contributed by atoms with Gasteiger partial charge in [-0.25, -0.2) is 0 Å². The minimum Gasteiger partial charge on any atom is -0.359 e. The van der Waals surface area contributed by atoms with E-state index in [1.807, 2.05) is 33.3 Å². The first kappa shape index (κ1) is 13.4. The van der Waals surface area contributed by atoms with E-state index < -0.39 is 0 Å². The molecule has 1 aliphatic rings. The lowest BCUT2D eigenvalue weighted by atomic mass is 10.1. The summed E-state index contributed by atoms with van der Waals surface area (Å²) in [6, 6.07) is 6.08. The molecule has 0 atom stereocenters. The van der Waals surface area contributed by atoms with E-state index in [0.717, 1.165) is 28.9 Å². The Kier molecular flexibility index (Phi) is 3.92. The molecule has 1 aromatic carbocycles. The van der Waals surface area contributed by atoms with E-state index in [2.05, 4.69) is 31.8 Å². The number of carbonyl (C=O) groups is 1. The van der Waals surface area contributed by atoms with Gasteiger partial charge in [0, 0.05) is 24.6 Å². The van der Waals surface area contributed by atoms with Gasteiger partial charge in [0.15, 0.2) is 0 Å². The Hall–Kier alpha value is -1.07. The molecular weight excluding hydrogens is 294 g/mol. The molecule has 98 valence electrons. The van der Waals surface area contributed by atoms with Crippen molar-refractivity contribution in [1.82, 2.24) is 4.90 Å². The van der Waals surface area contributed by atoms with Gasteiger partial charge in [-0.1, -0.05) is 15.9 Å². The summed E-state index contributed by atoms with van der Waals surface area (Å²) in [6.07, 6.45) is 0. The van der Waals surface area contributed by atoms with E-state index in [1.165, 1.54) is 0 Å². The molecule has 1 aliphatic heterocycles. The smallest absolute Gasteiger partial charge is 0.246 e. The van der Waals surface area contributed by atoms with E-state index >= 15 is 0 Å². The Bertz CT molecular complexity index is 462. The van der Waals surface area contributed by atoms with Gasteiger partial charge in [-0.15, -0.1) is 0 Å². The van der Waals surface area contributed by atoms with Crippen LogP contribution in [0.25, 0.3) is 0 Å². The lowest BCUT2D eigenvalue weighted by Gasteiger charge is -2.36. The Morgan fingerprint density at radius 1 is 1.33 bits per heavy atom. The predicted molar refractivity (Wildman–Crippen MR) is 78.3 cm³/mol. The van der Waals surface area contributed by atoms with Crippen LogP contribution in [0.3, 0.4) is 0 Å². The molecule has 0 N–H and O–H groups in total. The quantitative estimate of drug-likeness (QED) is 0.851. The summed E-state index contributed by atoms with van der Waals surface area (Å²) < 4.78 is 0.996. The van der Waals surface area contributed by atoms with Gasteiger partial charge in [-0.3, -0.25) is 4.79 Å². The first-order valence-electron chi connectivity index (χ1n) is 5.95. The van der Waals surface area contributed by atoms with E-state index in [4.69, 9.17) is 0 Å². The average Bonchev–Trinajstić information content (AvgIpc) is 2.32. The van der Waals surface area contributed by atoms with E-state index in [1.54, 1.807) is 4.90 Å². The lowest BCUT2D eigenvalue weighted by molar-refractivity contribution is -0.117. The summed E-state index contributed by atoms with van der Waals surface area (Å²) in [4.78, 5) is 18.0. The molecule has 0 aliphatic carbocycles. The van der Waals surface area contributed by atoms with Crippen molar-refractivity contribution in [1.29, 1.82) is 0 Å². The fraction of sp³-hybridized carbons (Fsp3) is 0.462. The molecule has 0 radical (unpaired) electrons. The third kappa shape index (κ3) is 2.67. The van der Waals surface area contributed by atoms with E-state index in [0.29, 0.717) is 6.54 Å². The highest BCUT2D eigenvalue weighted by Crippen LogP contribution is 2.34. The normalized spacial score (nSPS) is 15.3. The first-order valence-corrected chi connectivity index (χ1v) is 6.74. The van der Waals surface area contributed by atoms with Crippen molar-refractivity contribution in [2.24, 2.45) is 0 Å². The monoisotopic (exact) mass is 311 g/mol.